The zero-order valence-electron chi connectivity index (χ0n) is 10.8. The van der Waals surface area contributed by atoms with E-state index in [0.29, 0.717) is 0 Å². The minimum absolute atomic E-state index is 0.0279. The number of carbonyl (C=O) groups is 1. The molecular formula is C13H18BrIN2O. The van der Waals surface area contributed by atoms with Crippen LogP contribution in [0, 0.1) is 3.57 Å². The van der Waals surface area contributed by atoms with Crippen molar-refractivity contribution in [1.29, 1.82) is 0 Å². The van der Waals surface area contributed by atoms with Crippen LogP contribution in [0.2, 0.25) is 0 Å². The van der Waals surface area contributed by atoms with Gasteiger partial charge in [0.2, 0.25) is 5.91 Å². The van der Waals surface area contributed by atoms with Crippen LogP contribution in [0.4, 0.5) is 5.69 Å². The van der Waals surface area contributed by atoms with Gasteiger partial charge < -0.3 is 10.6 Å². The topological polar surface area (TPSA) is 41.1 Å². The summed E-state index contributed by atoms with van der Waals surface area (Å²) in [7, 11) is 0. The lowest BCUT2D eigenvalue weighted by Gasteiger charge is -2.19. The fraction of sp³-hybridized carbons (Fsp3) is 0.462. The molecule has 1 amide bonds. The number of carbonyl (C=O) groups excluding carboxylic acids is 1. The second-order valence-electron chi connectivity index (χ2n) is 4.31. The Morgan fingerprint density at radius 3 is 2.72 bits per heavy atom. The average molecular weight is 425 g/mol. The predicted octanol–water partition coefficient (Wildman–Crippen LogP) is 3.77. The first kappa shape index (κ1) is 15.8. The second kappa shape index (κ2) is 7.33. The smallest absolute Gasteiger partial charge is 0.242 e. The predicted molar refractivity (Wildman–Crippen MR) is 87.8 cm³/mol. The SMILES string of the molecule is CCC(C)NC(=O)C(C)Nc1cc(Br)ccc1I. The molecule has 0 saturated heterocycles. The Balaban J connectivity index is 2.66. The van der Waals surface area contributed by atoms with Gasteiger partial charge >= 0.3 is 0 Å². The van der Waals surface area contributed by atoms with Crippen molar-refractivity contribution in [3.05, 3.63) is 26.2 Å². The molecule has 2 N–H and O–H groups in total. The lowest BCUT2D eigenvalue weighted by Crippen LogP contribution is -2.41. The molecule has 100 valence electrons. The molecule has 0 fully saturated rings. The van der Waals surface area contributed by atoms with E-state index in [-0.39, 0.29) is 18.0 Å². The largest absolute Gasteiger partial charge is 0.373 e. The highest BCUT2D eigenvalue weighted by Crippen LogP contribution is 2.23. The van der Waals surface area contributed by atoms with E-state index in [1.54, 1.807) is 0 Å². The summed E-state index contributed by atoms with van der Waals surface area (Å²) in [5.74, 6) is 0.0279. The molecule has 2 atom stereocenters. The van der Waals surface area contributed by atoms with Gasteiger partial charge in [0.1, 0.15) is 6.04 Å². The average Bonchev–Trinajstić information content (AvgIpc) is 2.33. The third kappa shape index (κ3) is 4.76. The summed E-state index contributed by atoms with van der Waals surface area (Å²) in [5.41, 5.74) is 0.969. The Labute approximate surface area is 130 Å². The van der Waals surface area contributed by atoms with Gasteiger partial charge in [-0.05, 0) is 61.1 Å². The molecule has 0 bridgehead atoms. The van der Waals surface area contributed by atoms with E-state index >= 15 is 0 Å². The van der Waals surface area contributed by atoms with E-state index in [9.17, 15) is 4.79 Å². The molecule has 18 heavy (non-hydrogen) atoms. The normalized spacial score (nSPS) is 13.8. The first-order valence-corrected chi connectivity index (χ1v) is 7.83. The number of hydrogen-bond acceptors (Lipinski definition) is 2. The summed E-state index contributed by atoms with van der Waals surface area (Å²) in [6.07, 6.45) is 0.937. The van der Waals surface area contributed by atoms with Crippen LogP contribution in [0.3, 0.4) is 0 Å². The molecule has 0 heterocycles. The molecule has 0 radical (unpaired) electrons. The fourth-order valence-electron chi connectivity index (χ4n) is 1.38. The maximum atomic E-state index is 11.9. The summed E-state index contributed by atoms with van der Waals surface area (Å²) in [4.78, 5) is 11.9. The molecule has 0 aromatic heterocycles. The maximum absolute atomic E-state index is 11.9. The Kier molecular flexibility index (Phi) is 6.42. The number of anilines is 1. The number of benzene rings is 1. The first-order chi connectivity index (χ1) is 8.43. The van der Waals surface area contributed by atoms with E-state index < -0.39 is 0 Å². The van der Waals surface area contributed by atoms with Crippen molar-refractivity contribution in [1.82, 2.24) is 5.32 Å². The lowest BCUT2D eigenvalue weighted by molar-refractivity contribution is -0.122. The number of amides is 1. The first-order valence-electron chi connectivity index (χ1n) is 5.96. The van der Waals surface area contributed by atoms with Crippen LogP contribution in [0.15, 0.2) is 22.7 Å². The van der Waals surface area contributed by atoms with Gasteiger partial charge in [0.25, 0.3) is 0 Å². The van der Waals surface area contributed by atoms with Crippen LogP contribution < -0.4 is 10.6 Å². The standard InChI is InChI=1S/C13H18BrIN2O/c1-4-8(2)16-13(18)9(3)17-12-7-10(14)5-6-11(12)15/h5-9,17H,4H2,1-3H3,(H,16,18). The molecule has 1 rings (SSSR count). The number of hydrogen-bond donors (Lipinski definition) is 2. The highest BCUT2D eigenvalue weighted by molar-refractivity contribution is 14.1. The van der Waals surface area contributed by atoms with Crippen LogP contribution in [-0.4, -0.2) is 18.0 Å². The van der Waals surface area contributed by atoms with Crippen molar-refractivity contribution in [3.8, 4) is 0 Å². The zero-order valence-corrected chi connectivity index (χ0v) is 14.5. The van der Waals surface area contributed by atoms with E-state index in [1.165, 1.54) is 0 Å². The van der Waals surface area contributed by atoms with Gasteiger partial charge in [-0.3, -0.25) is 4.79 Å². The van der Waals surface area contributed by atoms with Gasteiger partial charge in [0.05, 0.1) is 0 Å². The third-order valence-electron chi connectivity index (χ3n) is 2.69. The Morgan fingerprint density at radius 2 is 2.11 bits per heavy atom. The van der Waals surface area contributed by atoms with E-state index in [2.05, 4.69) is 56.1 Å². The van der Waals surface area contributed by atoms with Crippen molar-refractivity contribution in [2.75, 3.05) is 5.32 Å². The Morgan fingerprint density at radius 1 is 1.44 bits per heavy atom. The number of nitrogens with one attached hydrogen (secondary N) is 2. The molecule has 0 aliphatic carbocycles. The summed E-state index contributed by atoms with van der Waals surface area (Å²) < 4.78 is 2.10. The molecule has 3 nitrogen and oxygen atoms in total. The summed E-state index contributed by atoms with van der Waals surface area (Å²) in [6.45, 7) is 5.93. The summed E-state index contributed by atoms with van der Waals surface area (Å²) in [6, 6.07) is 5.93. The van der Waals surface area contributed by atoms with Crippen molar-refractivity contribution in [2.45, 2.75) is 39.3 Å². The molecule has 1 aromatic carbocycles. The van der Waals surface area contributed by atoms with E-state index in [4.69, 9.17) is 0 Å². The van der Waals surface area contributed by atoms with Gasteiger partial charge in [-0.2, -0.15) is 0 Å². The quantitative estimate of drug-likeness (QED) is 0.706. The highest BCUT2D eigenvalue weighted by Gasteiger charge is 2.15. The Bertz CT molecular complexity index is 425. The molecule has 0 saturated carbocycles. The van der Waals surface area contributed by atoms with Crippen molar-refractivity contribution >= 4 is 50.1 Å². The summed E-state index contributed by atoms with van der Waals surface area (Å²) >= 11 is 5.68. The van der Waals surface area contributed by atoms with E-state index in [0.717, 1.165) is 20.2 Å². The molecular weight excluding hydrogens is 407 g/mol. The molecule has 0 aliphatic rings. The van der Waals surface area contributed by atoms with Gasteiger partial charge in [0.15, 0.2) is 0 Å². The molecule has 0 aliphatic heterocycles. The van der Waals surface area contributed by atoms with Gasteiger partial charge in [0, 0.05) is 19.8 Å². The summed E-state index contributed by atoms with van der Waals surface area (Å²) in [5, 5.41) is 6.20. The highest BCUT2D eigenvalue weighted by atomic mass is 127. The monoisotopic (exact) mass is 424 g/mol. The van der Waals surface area contributed by atoms with Crippen molar-refractivity contribution in [2.24, 2.45) is 0 Å². The number of halogens is 2. The van der Waals surface area contributed by atoms with Crippen LogP contribution in [0.1, 0.15) is 27.2 Å². The molecule has 2 unspecified atom stereocenters. The van der Waals surface area contributed by atoms with Gasteiger partial charge in [-0.1, -0.05) is 22.9 Å². The minimum Gasteiger partial charge on any atom is -0.373 e. The van der Waals surface area contributed by atoms with Crippen LogP contribution in [-0.2, 0) is 4.79 Å². The zero-order chi connectivity index (χ0) is 13.7. The molecule has 1 aromatic rings. The Hall–Kier alpha value is -0.300. The lowest BCUT2D eigenvalue weighted by atomic mass is 10.2. The third-order valence-corrected chi connectivity index (χ3v) is 4.13. The van der Waals surface area contributed by atoms with Crippen molar-refractivity contribution < 1.29 is 4.79 Å². The second-order valence-corrected chi connectivity index (χ2v) is 6.39. The van der Waals surface area contributed by atoms with Crippen LogP contribution in [0.25, 0.3) is 0 Å². The maximum Gasteiger partial charge on any atom is 0.242 e. The minimum atomic E-state index is -0.248. The number of rotatable bonds is 5. The molecule has 5 heteroatoms. The molecule has 0 spiro atoms. The van der Waals surface area contributed by atoms with Crippen LogP contribution in [0.5, 0.6) is 0 Å². The fourth-order valence-corrected chi connectivity index (χ4v) is 2.23. The van der Waals surface area contributed by atoms with Gasteiger partial charge in [-0.15, -0.1) is 0 Å². The van der Waals surface area contributed by atoms with Crippen molar-refractivity contribution in [3.63, 3.8) is 0 Å². The van der Waals surface area contributed by atoms with E-state index in [1.807, 2.05) is 32.0 Å². The van der Waals surface area contributed by atoms with Crippen LogP contribution >= 0.6 is 38.5 Å². The van der Waals surface area contributed by atoms with Gasteiger partial charge in [-0.25, -0.2) is 0 Å².